The van der Waals surface area contributed by atoms with E-state index in [-0.39, 0.29) is 23.4 Å². The Morgan fingerprint density at radius 1 is 1.28 bits per heavy atom. The molecule has 1 spiro atoms. The van der Waals surface area contributed by atoms with Crippen LogP contribution in [-0.4, -0.2) is 31.8 Å². The Morgan fingerprint density at radius 2 is 2.04 bits per heavy atom. The normalized spacial score (nSPS) is 24.1. The number of hydrogen-bond donors (Lipinski definition) is 1. The molecule has 1 aromatic rings. The average Bonchev–Trinajstić information content (AvgIpc) is 3.46. The van der Waals surface area contributed by atoms with Gasteiger partial charge in [-0.3, -0.25) is 4.79 Å². The summed E-state index contributed by atoms with van der Waals surface area (Å²) in [7, 11) is 1.49. The summed E-state index contributed by atoms with van der Waals surface area (Å²) in [5.41, 5.74) is 2.57. The van der Waals surface area contributed by atoms with Crippen molar-refractivity contribution in [2.75, 3.05) is 20.2 Å². The zero-order valence-electron chi connectivity index (χ0n) is 15.3. The number of ether oxygens (including phenoxy) is 2. The van der Waals surface area contributed by atoms with Gasteiger partial charge < -0.3 is 14.8 Å². The monoisotopic (exact) mass is 343 g/mol. The van der Waals surface area contributed by atoms with Crippen LogP contribution in [0.1, 0.15) is 56.1 Å². The van der Waals surface area contributed by atoms with Crippen LogP contribution < -0.4 is 10.1 Å². The number of methoxy groups -OCH3 is 1. The van der Waals surface area contributed by atoms with E-state index in [2.05, 4.69) is 23.5 Å². The Bertz CT molecular complexity index is 647. The summed E-state index contributed by atoms with van der Waals surface area (Å²) >= 11 is 0. The number of piperidine rings is 1. The average molecular weight is 343 g/mol. The molecule has 1 saturated carbocycles. The number of benzene rings is 1. The van der Waals surface area contributed by atoms with E-state index in [1.165, 1.54) is 31.1 Å². The van der Waals surface area contributed by atoms with E-state index in [1.54, 1.807) is 0 Å². The number of nitrogens with one attached hydrogen (secondary N) is 1. The van der Waals surface area contributed by atoms with E-state index in [9.17, 15) is 4.79 Å². The molecule has 1 saturated heterocycles. The first-order valence-electron chi connectivity index (χ1n) is 9.72. The molecule has 2 heterocycles. The van der Waals surface area contributed by atoms with Crippen LogP contribution in [-0.2, 0) is 16.0 Å². The van der Waals surface area contributed by atoms with Crippen molar-refractivity contribution in [2.24, 2.45) is 11.8 Å². The van der Waals surface area contributed by atoms with Crippen molar-refractivity contribution in [3.63, 3.8) is 0 Å². The smallest absolute Gasteiger partial charge is 0.309 e. The molecule has 1 N–H and O–H groups in total. The Labute approximate surface area is 150 Å². The molecule has 0 aromatic heterocycles. The predicted octanol–water partition coefficient (Wildman–Crippen LogP) is 3.44. The Kier molecular flexibility index (Phi) is 4.48. The van der Waals surface area contributed by atoms with Gasteiger partial charge in [-0.1, -0.05) is 19.1 Å². The molecule has 2 fully saturated rings. The van der Waals surface area contributed by atoms with Crippen LogP contribution in [0.3, 0.4) is 0 Å². The van der Waals surface area contributed by atoms with Crippen LogP contribution in [0.2, 0.25) is 0 Å². The first-order valence-corrected chi connectivity index (χ1v) is 9.72. The summed E-state index contributed by atoms with van der Waals surface area (Å²) in [6.07, 6.45) is 6.80. The summed E-state index contributed by atoms with van der Waals surface area (Å²) in [5, 5.41) is 3.44. The van der Waals surface area contributed by atoms with Crippen LogP contribution >= 0.6 is 0 Å². The fourth-order valence-corrected chi connectivity index (χ4v) is 4.72. The highest BCUT2D eigenvalue weighted by Crippen LogP contribution is 2.48. The summed E-state index contributed by atoms with van der Waals surface area (Å²) in [6, 6.07) is 6.66. The van der Waals surface area contributed by atoms with Crippen LogP contribution in [0.5, 0.6) is 5.75 Å². The molecule has 136 valence electrons. The van der Waals surface area contributed by atoms with Gasteiger partial charge in [0.2, 0.25) is 0 Å². The van der Waals surface area contributed by atoms with Gasteiger partial charge >= 0.3 is 5.97 Å². The minimum absolute atomic E-state index is 0.0138. The van der Waals surface area contributed by atoms with E-state index in [0.29, 0.717) is 5.92 Å². The van der Waals surface area contributed by atoms with Crippen molar-refractivity contribution in [2.45, 2.75) is 57.0 Å². The molecule has 3 aliphatic rings. The SMILES string of the molecule is COC(=O)[C@@H](C)[C@H](c1ccc2c(c1)OC1(CCNCC1)CC2)C1CC1. The molecule has 4 heteroatoms. The van der Waals surface area contributed by atoms with E-state index in [4.69, 9.17) is 9.47 Å². The van der Waals surface area contributed by atoms with E-state index >= 15 is 0 Å². The van der Waals surface area contributed by atoms with Crippen molar-refractivity contribution >= 4 is 5.97 Å². The minimum Gasteiger partial charge on any atom is -0.487 e. The summed E-state index contributed by atoms with van der Waals surface area (Å²) < 4.78 is 11.6. The van der Waals surface area contributed by atoms with Gasteiger partial charge in [0.1, 0.15) is 11.4 Å². The third-order valence-corrected chi connectivity index (χ3v) is 6.41. The van der Waals surface area contributed by atoms with Crippen molar-refractivity contribution in [3.05, 3.63) is 29.3 Å². The highest BCUT2D eigenvalue weighted by atomic mass is 16.5. The molecule has 2 aliphatic heterocycles. The first kappa shape index (κ1) is 16.9. The van der Waals surface area contributed by atoms with Gasteiger partial charge in [0.25, 0.3) is 0 Å². The zero-order valence-corrected chi connectivity index (χ0v) is 15.3. The number of fused-ring (bicyclic) bond motifs is 1. The molecular formula is C21H29NO3. The topological polar surface area (TPSA) is 47.6 Å². The number of carbonyl (C=O) groups is 1. The van der Waals surface area contributed by atoms with Gasteiger partial charge in [-0.2, -0.15) is 0 Å². The Balaban J connectivity index is 1.61. The number of carbonyl (C=O) groups excluding carboxylic acids is 1. The first-order chi connectivity index (χ1) is 12.1. The lowest BCUT2D eigenvalue weighted by molar-refractivity contribution is -0.145. The second-order valence-electron chi connectivity index (χ2n) is 8.08. The molecule has 0 bridgehead atoms. The zero-order chi connectivity index (χ0) is 17.4. The molecule has 2 atom stereocenters. The second kappa shape index (κ2) is 6.64. The lowest BCUT2D eigenvalue weighted by Crippen LogP contribution is -2.48. The summed E-state index contributed by atoms with van der Waals surface area (Å²) in [5.74, 6) is 1.68. The van der Waals surface area contributed by atoms with E-state index < -0.39 is 0 Å². The number of rotatable bonds is 4. The molecular weight excluding hydrogens is 314 g/mol. The number of aryl methyl sites for hydroxylation is 1. The highest BCUT2D eigenvalue weighted by Gasteiger charge is 2.41. The molecule has 0 unspecified atom stereocenters. The fraction of sp³-hybridized carbons (Fsp3) is 0.667. The molecule has 25 heavy (non-hydrogen) atoms. The van der Waals surface area contributed by atoms with Crippen LogP contribution in [0.25, 0.3) is 0 Å². The van der Waals surface area contributed by atoms with E-state index in [1.807, 2.05) is 6.92 Å². The fourth-order valence-electron chi connectivity index (χ4n) is 4.72. The van der Waals surface area contributed by atoms with Crippen molar-refractivity contribution in [1.29, 1.82) is 0 Å². The van der Waals surface area contributed by atoms with Crippen molar-refractivity contribution in [3.8, 4) is 5.75 Å². The highest BCUT2D eigenvalue weighted by molar-refractivity contribution is 5.73. The van der Waals surface area contributed by atoms with Crippen molar-refractivity contribution < 1.29 is 14.3 Å². The molecule has 1 aliphatic carbocycles. The van der Waals surface area contributed by atoms with Gasteiger partial charge in [-0.05, 0) is 80.6 Å². The Morgan fingerprint density at radius 3 is 2.72 bits per heavy atom. The maximum atomic E-state index is 12.1. The van der Waals surface area contributed by atoms with Gasteiger partial charge in [-0.25, -0.2) is 0 Å². The predicted molar refractivity (Wildman–Crippen MR) is 96.9 cm³/mol. The number of esters is 1. The molecule has 1 aromatic carbocycles. The molecule has 4 rings (SSSR count). The van der Waals surface area contributed by atoms with Gasteiger partial charge in [-0.15, -0.1) is 0 Å². The summed E-state index contributed by atoms with van der Waals surface area (Å²) in [4.78, 5) is 12.1. The standard InChI is InChI=1S/C21H29NO3/c1-14(20(23)24-2)19(16-4-5-16)17-6-3-15-7-8-21(25-18(15)13-17)9-11-22-12-10-21/h3,6,13-14,16,19,22H,4-5,7-12H2,1-2H3/t14-,19-/m0/s1. The molecule has 0 radical (unpaired) electrons. The Hall–Kier alpha value is -1.55. The third kappa shape index (κ3) is 3.29. The lowest BCUT2D eigenvalue weighted by Gasteiger charge is -2.42. The second-order valence-corrected chi connectivity index (χ2v) is 8.08. The van der Waals surface area contributed by atoms with Gasteiger partial charge in [0.05, 0.1) is 13.0 Å². The molecule has 0 amide bonds. The lowest BCUT2D eigenvalue weighted by atomic mass is 9.80. The van der Waals surface area contributed by atoms with Crippen LogP contribution in [0, 0.1) is 11.8 Å². The quantitative estimate of drug-likeness (QED) is 0.851. The van der Waals surface area contributed by atoms with Crippen molar-refractivity contribution in [1.82, 2.24) is 5.32 Å². The van der Waals surface area contributed by atoms with Gasteiger partial charge in [0.15, 0.2) is 0 Å². The maximum absolute atomic E-state index is 12.1. The van der Waals surface area contributed by atoms with Crippen LogP contribution in [0.4, 0.5) is 0 Å². The van der Waals surface area contributed by atoms with Gasteiger partial charge in [0, 0.05) is 0 Å². The summed E-state index contributed by atoms with van der Waals surface area (Å²) in [6.45, 7) is 4.08. The third-order valence-electron chi connectivity index (χ3n) is 6.41. The van der Waals surface area contributed by atoms with Crippen LogP contribution in [0.15, 0.2) is 18.2 Å². The minimum atomic E-state index is -0.106. The number of hydrogen-bond acceptors (Lipinski definition) is 4. The maximum Gasteiger partial charge on any atom is 0.309 e. The molecule has 4 nitrogen and oxygen atoms in total. The largest absolute Gasteiger partial charge is 0.487 e. The van der Waals surface area contributed by atoms with E-state index in [0.717, 1.165) is 44.5 Å².